The van der Waals surface area contributed by atoms with Gasteiger partial charge in [-0.3, -0.25) is 35.3 Å². The van der Waals surface area contributed by atoms with E-state index < -0.39 is 40.1 Å². The summed E-state index contributed by atoms with van der Waals surface area (Å²) in [6.07, 6.45) is -1.37. The lowest BCUT2D eigenvalue weighted by Gasteiger charge is -2.45. The van der Waals surface area contributed by atoms with Gasteiger partial charge in [-0.15, -0.1) is 0 Å². The molecule has 0 aliphatic carbocycles. The Hall–Kier alpha value is -4.93. The Kier molecular flexibility index (Phi) is 9.09. The summed E-state index contributed by atoms with van der Waals surface area (Å²) in [6.45, 7) is -0.0928. The van der Waals surface area contributed by atoms with Crippen molar-refractivity contribution < 1.29 is 33.7 Å². The van der Waals surface area contributed by atoms with Crippen LogP contribution in [0.25, 0.3) is 0 Å². The molecule has 42 heavy (non-hydrogen) atoms. The maximum absolute atomic E-state index is 13.3. The molecule has 2 aliphatic rings. The van der Waals surface area contributed by atoms with Gasteiger partial charge in [-0.05, 0) is 41.8 Å². The average molecular weight is 602 g/mol. The third kappa shape index (κ3) is 6.85. The summed E-state index contributed by atoms with van der Waals surface area (Å²) in [5, 5.41) is 29.2. The van der Waals surface area contributed by atoms with E-state index >= 15 is 0 Å². The average Bonchev–Trinajstić information content (AvgIpc) is 3.33. The number of nitro benzene ring substituents is 2. The molecule has 4 rings (SSSR count). The van der Waals surface area contributed by atoms with Crippen LogP contribution < -0.4 is 5.73 Å². The summed E-state index contributed by atoms with van der Waals surface area (Å²) in [6, 6.07) is 9.47. The summed E-state index contributed by atoms with van der Waals surface area (Å²) in [5.41, 5.74) is 6.43. The molecule has 222 valence electrons. The number of nitrogens with two attached hydrogens (primary N) is 1. The highest BCUT2D eigenvalue weighted by atomic mass is 32.1. The van der Waals surface area contributed by atoms with Crippen molar-refractivity contribution in [2.24, 2.45) is 5.73 Å². The molecule has 2 aliphatic heterocycles. The highest BCUT2D eigenvalue weighted by Crippen LogP contribution is 2.27. The van der Waals surface area contributed by atoms with Crippen molar-refractivity contribution in [3.8, 4) is 0 Å². The van der Waals surface area contributed by atoms with E-state index in [1.54, 1.807) is 0 Å². The minimum absolute atomic E-state index is 0.0461. The fourth-order valence-electron chi connectivity index (χ4n) is 4.57. The number of carbonyl (C=O) groups excluding carboxylic acids is 3. The molecule has 0 spiro atoms. The molecule has 0 saturated carbocycles. The van der Waals surface area contributed by atoms with E-state index in [0.717, 1.165) is 4.90 Å². The Labute approximate surface area is 244 Å². The van der Waals surface area contributed by atoms with E-state index in [4.69, 9.17) is 20.6 Å². The van der Waals surface area contributed by atoms with Crippen LogP contribution in [0.15, 0.2) is 48.5 Å². The monoisotopic (exact) mass is 601 g/mol. The molecule has 17 heteroatoms. The van der Waals surface area contributed by atoms with Gasteiger partial charge in [-0.1, -0.05) is 0 Å². The lowest BCUT2D eigenvalue weighted by molar-refractivity contribution is -0.385. The summed E-state index contributed by atoms with van der Waals surface area (Å²) in [4.78, 5) is 62.9. The number of rotatable bonds is 8. The van der Waals surface area contributed by atoms with Gasteiger partial charge in [0, 0.05) is 49.1 Å². The third-order valence-corrected chi connectivity index (χ3v) is 7.19. The zero-order valence-electron chi connectivity index (χ0n) is 22.0. The topological polar surface area (TPSA) is 216 Å². The number of nitrogens with one attached hydrogen (secondary N) is 1. The minimum Gasteiger partial charge on any atom is -0.445 e. The second-order valence-electron chi connectivity index (χ2n) is 9.67. The number of carbonyl (C=O) groups is 3. The maximum atomic E-state index is 13.3. The first-order chi connectivity index (χ1) is 19.9. The number of hydrogen-bond acceptors (Lipinski definition) is 11. The molecule has 2 aromatic carbocycles. The van der Waals surface area contributed by atoms with Gasteiger partial charge >= 0.3 is 12.2 Å². The van der Waals surface area contributed by atoms with Crippen molar-refractivity contribution in [2.45, 2.75) is 37.0 Å². The van der Waals surface area contributed by atoms with Gasteiger partial charge in [-0.25, -0.2) is 14.5 Å². The first-order valence-corrected chi connectivity index (χ1v) is 13.1. The Bertz CT molecular complexity index is 1380. The number of benzene rings is 2. The van der Waals surface area contributed by atoms with Crippen molar-refractivity contribution in [1.29, 1.82) is 5.41 Å². The van der Waals surface area contributed by atoms with E-state index in [9.17, 15) is 34.6 Å². The summed E-state index contributed by atoms with van der Waals surface area (Å²) < 4.78 is 10.6. The number of amides is 3. The first-order valence-electron chi connectivity index (χ1n) is 12.6. The second-order valence-corrected chi connectivity index (χ2v) is 10.4. The van der Waals surface area contributed by atoms with E-state index in [1.165, 1.54) is 58.3 Å². The number of guanidine groups is 1. The number of nitrogens with zero attached hydrogens (tertiary/aromatic N) is 5. The largest absolute Gasteiger partial charge is 0.445 e. The van der Waals surface area contributed by atoms with Crippen LogP contribution in [0, 0.1) is 25.6 Å². The Morgan fingerprint density at radius 2 is 1.43 bits per heavy atom. The normalized spacial score (nSPS) is 18.1. The molecule has 16 nitrogen and oxygen atoms in total. The molecule has 2 saturated heterocycles. The zero-order chi connectivity index (χ0) is 30.6. The van der Waals surface area contributed by atoms with Crippen LogP contribution in [-0.2, 0) is 27.5 Å². The quantitative estimate of drug-likeness (QED) is 0.132. The molecule has 2 fully saturated rings. The van der Waals surface area contributed by atoms with Gasteiger partial charge in [0.15, 0.2) is 5.96 Å². The van der Waals surface area contributed by atoms with Crippen molar-refractivity contribution in [3.63, 3.8) is 0 Å². The van der Waals surface area contributed by atoms with Crippen LogP contribution in [0.3, 0.4) is 0 Å². The predicted octanol–water partition coefficient (Wildman–Crippen LogP) is 2.26. The van der Waals surface area contributed by atoms with E-state index in [0.29, 0.717) is 11.1 Å². The van der Waals surface area contributed by atoms with Crippen molar-refractivity contribution in [3.05, 3.63) is 79.9 Å². The Balaban J connectivity index is 1.30. The third-order valence-electron chi connectivity index (χ3n) is 6.81. The van der Waals surface area contributed by atoms with Gasteiger partial charge in [0.2, 0.25) is 5.91 Å². The molecule has 3 amide bonds. The standard InChI is InChI=1S/C25H27N7O9S/c26-23(27)30(25(35)41-14-16-3-7-18(8-4-16)32(38)39)19-10-28(11-19)22(33)21-9-20(42)12-29(21)24(34)40-13-15-1-5-17(6-2-15)31(36)37/h1-8,19-21,42H,9-14H2,(H3,26,27)/t20-,21-/m0/s1. The first kappa shape index (κ1) is 30.0. The fraction of sp³-hybridized carbons (Fsp3) is 0.360. The van der Waals surface area contributed by atoms with Crippen LogP contribution >= 0.6 is 12.6 Å². The molecule has 2 heterocycles. The van der Waals surface area contributed by atoms with Crippen molar-refractivity contribution in [1.82, 2.24) is 14.7 Å². The highest BCUT2D eigenvalue weighted by Gasteiger charge is 2.46. The highest BCUT2D eigenvalue weighted by molar-refractivity contribution is 7.81. The van der Waals surface area contributed by atoms with E-state index in [2.05, 4.69) is 12.6 Å². The van der Waals surface area contributed by atoms with Gasteiger partial charge in [0.05, 0.1) is 15.9 Å². The molecule has 0 aromatic heterocycles. The molecule has 0 radical (unpaired) electrons. The molecule has 0 unspecified atom stereocenters. The molecule has 0 bridgehead atoms. The minimum atomic E-state index is -0.911. The predicted molar refractivity (Wildman–Crippen MR) is 149 cm³/mol. The molecule has 2 aromatic rings. The lowest BCUT2D eigenvalue weighted by Crippen LogP contribution is -2.66. The molecule has 3 N–H and O–H groups in total. The summed E-state index contributed by atoms with van der Waals surface area (Å²) >= 11 is 4.43. The smallest absolute Gasteiger partial charge is 0.417 e. The Morgan fingerprint density at radius 3 is 1.90 bits per heavy atom. The maximum Gasteiger partial charge on any atom is 0.417 e. The lowest BCUT2D eigenvalue weighted by atomic mass is 10.0. The second kappa shape index (κ2) is 12.7. The molecule has 2 atom stereocenters. The van der Waals surface area contributed by atoms with Crippen LogP contribution in [0.5, 0.6) is 0 Å². The van der Waals surface area contributed by atoms with Crippen LogP contribution in [0.4, 0.5) is 21.0 Å². The van der Waals surface area contributed by atoms with E-state index in [-0.39, 0.29) is 61.8 Å². The zero-order valence-corrected chi connectivity index (χ0v) is 22.9. The fourth-order valence-corrected chi connectivity index (χ4v) is 4.95. The SMILES string of the molecule is N=C(N)N(C(=O)OCc1ccc([N+](=O)[O-])cc1)C1CN(C(=O)[C@@H]2C[C@H](S)CN2C(=O)OCc2ccc([N+](=O)[O-])cc2)C1. The number of likely N-dealkylation sites (tertiary alicyclic amines) is 2. The summed E-state index contributed by atoms with van der Waals surface area (Å²) in [5.74, 6) is -0.952. The van der Waals surface area contributed by atoms with Crippen LogP contribution in [0.1, 0.15) is 17.5 Å². The molecular formula is C25H27N7O9S. The van der Waals surface area contributed by atoms with Crippen molar-refractivity contribution in [2.75, 3.05) is 19.6 Å². The van der Waals surface area contributed by atoms with Gasteiger partial charge in [-0.2, -0.15) is 12.6 Å². The van der Waals surface area contributed by atoms with Crippen molar-refractivity contribution >= 4 is 48.1 Å². The molecular weight excluding hydrogens is 574 g/mol. The number of ether oxygens (including phenoxy) is 2. The van der Waals surface area contributed by atoms with Crippen LogP contribution in [0.2, 0.25) is 0 Å². The number of non-ortho nitro benzene ring substituents is 2. The number of hydrogen-bond donors (Lipinski definition) is 3. The summed E-state index contributed by atoms with van der Waals surface area (Å²) in [7, 11) is 0. The van der Waals surface area contributed by atoms with E-state index in [1.807, 2.05) is 0 Å². The number of thiol groups is 1. The van der Waals surface area contributed by atoms with Gasteiger partial charge in [0.25, 0.3) is 11.4 Å². The van der Waals surface area contributed by atoms with Crippen LogP contribution in [-0.4, -0.2) is 85.6 Å². The van der Waals surface area contributed by atoms with Gasteiger partial charge < -0.3 is 20.1 Å². The Morgan fingerprint density at radius 1 is 0.929 bits per heavy atom. The van der Waals surface area contributed by atoms with Gasteiger partial charge in [0.1, 0.15) is 19.3 Å². The number of nitro groups is 2.